The summed E-state index contributed by atoms with van der Waals surface area (Å²) >= 11 is 1.57. The third-order valence-corrected chi connectivity index (χ3v) is 3.44. The Morgan fingerprint density at radius 2 is 2.57 bits per heavy atom. The van der Waals surface area contributed by atoms with Gasteiger partial charge in [-0.15, -0.1) is 0 Å². The minimum atomic E-state index is -0.212. The summed E-state index contributed by atoms with van der Waals surface area (Å²) in [6, 6.07) is 1.86. The summed E-state index contributed by atoms with van der Waals surface area (Å²) in [5.41, 5.74) is -0.0833. The van der Waals surface area contributed by atoms with Crippen LogP contribution in [0.2, 0.25) is 0 Å². The zero-order valence-electron chi connectivity index (χ0n) is 7.73. The van der Waals surface area contributed by atoms with E-state index in [1.165, 1.54) is 6.20 Å². The van der Waals surface area contributed by atoms with Gasteiger partial charge in [-0.2, -0.15) is 5.26 Å². The molecule has 1 atom stereocenters. The summed E-state index contributed by atoms with van der Waals surface area (Å²) in [7, 11) is 0. The third kappa shape index (κ3) is 1.42. The minimum Gasteiger partial charge on any atom is -0.286 e. The molecule has 0 saturated carbocycles. The predicted octanol–water partition coefficient (Wildman–Crippen LogP) is 0.857. The molecule has 0 bridgehead atoms. The van der Waals surface area contributed by atoms with Crippen molar-refractivity contribution < 1.29 is 0 Å². The van der Waals surface area contributed by atoms with Crippen LogP contribution in [0, 0.1) is 17.2 Å². The molecular weight excluding hydrogens is 198 g/mol. The predicted molar refractivity (Wildman–Crippen MR) is 53.1 cm³/mol. The molecule has 1 aliphatic heterocycles. The van der Waals surface area contributed by atoms with E-state index in [2.05, 4.69) is 11.9 Å². The van der Waals surface area contributed by atoms with E-state index in [0.29, 0.717) is 12.5 Å². The summed E-state index contributed by atoms with van der Waals surface area (Å²) < 4.78 is 1.59. The zero-order valence-corrected chi connectivity index (χ0v) is 8.54. The van der Waals surface area contributed by atoms with Crippen LogP contribution in [-0.2, 0) is 6.54 Å². The van der Waals surface area contributed by atoms with Gasteiger partial charge in [0, 0.05) is 12.3 Å². The van der Waals surface area contributed by atoms with Gasteiger partial charge in [-0.1, -0.05) is 18.7 Å². The van der Waals surface area contributed by atoms with Crippen LogP contribution in [0.1, 0.15) is 12.5 Å². The van der Waals surface area contributed by atoms with Crippen LogP contribution in [-0.4, -0.2) is 15.3 Å². The van der Waals surface area contributed by atoms with Gasteiger partial charge in [0.15, 0.2) is 5.16 Å². The number of hydrogen-bond donors (Lipinski definition) is 0. The molecule has 0 aliphatic carbocycles. The molecule has 14 heavy (non-hydrogen) atoms. The first-order valence-electron chi connectivity index (χ1n) is 4.35. The fourth-order valence-corrected chi connectivity index (χ4v) is 2.39. The van der Waals surface area contributed by atoms with Crippen molar-refractivity contribution in [3.05, 3.63) is 22.1 Å². The van der Waals surface area contributed by atoms with Gasteiger partial charge in [-0.05, 0) is 5.92 Å². The molecule has 0 fully saturated rings. The van der Waals surface area contributed by atoms with Crippen molar-refractivity contribution >= 4 is 11.8 Å². The van der Waals surface area contributed by atoms with Crippen LogP contribution in [0.3, 0.4) is 0 Å². The lowest BCUT2D eigenvalue weighted by Crippen LogP contribution is -2.31. The van der Waals surface area contributed by atoms with Crippen LogP contribution in [0.25, 0.3) is 0 Å². The molecule has 2 heterocycles. The first-order valence-corrected chi connectivity index (χ1v) is 5.33. The Balaban J connectivity index is 2.58. The molecule has 1 aromatic rings. The number of hydrogen-bond acceptors (Lipinski definition) is 4. The fourth-order valence-electron chi connectivity index (χ4n) is 1.41. The molecule has 2 rings (SSSR count). The number of rotatable bonds is 0. The van der Waals surface area contributed by atoms with Gasteiger partial charge < -0.3 is 0 Å². The van der Waals surface area contributed by atoms with Gasteiger partial charge in [0.1, 0.15) is 11.6 Å². The quantitative estimate of drug-likeness (QED) is 0.592. The largest absolute Gasteiger partial charge is 0.286 e. The Kier molecular flexibility index (Phi) is 2.30. The molecular formula is C9H9N3OS. The maximum atomic E-state index is 11.7. The molecule has 5 heteroatoms. The first kappa shape index (κ1) is 9.28. The molecule has 0 amide bonds. The monoisotopic (exact) mass is 207 g/mol. The SMILES string of the molecule is CC1CSc2ncc(C#N)c(=O)n2C1. The second-order valence-electron chi connectivity index (χ2n) is 3.40. The van der Waals surface area contributed by atoms with Crippen LogP contribution in [0.4, 0.5) is 0 Å². The van der Waals surface area contributed by atoms with Gasteiger partial charge in [-0.25, -0.2) is 4.98 Å². The smallest absolute Gasteiger partial charge is 0.272 e. The lowest BCUT2D eigenvalue weighted by Gasteiger charge is -2.21. The maximum Gasteiger partial charge on any atom is 0.272 e. The van der Waals surface area contributed by atoms with Gasteiger partial charge in [0.2, 0.25) is 0 Å². The van der Waals surface area contributed by atoms with E-state index in [0.717, 1.165) is 10.9 Å². The normalized spacial score (nSPS) is 19.9. The molecule has 1 unspecified atom stereocenters. The summed E-state index contributed by atoms with van der Waals surface area (Å²) in [6.45, 7) is 2.76. The maximum absolute atomic E-state index is 11.7. The van der Waals surface area contributed by atoms with E-state index in [1.54, 1.807) is 16.3 Å². The lowest BCUT2D eigenvalue weighted by atomic mass is 10.2. The van der Waals surface area contributed by atoms with Gasteiger partial charge in [-0.3, -0.25) is 9.36 Å². The third-order valence-electron chi connectivity index (χ3n) is 2.12. The molecule has 1 aliphatic rings. The van der Waals surface area contributed by atoms with Crippen LogP contribution in [0.5, 0.6) is 0 Å². The van der Waals surface area contributed by atoms with Crippen molar-refractivity contribution in [2.24, 2.45) is 5.92 Å². The van der Waals surface area contributed by atoms with E-state index in [1.807, 2.05) is 6.07 Å². The number of nitriles is 1. The molecule has 1 aromatic heterocycles. The van der Waals surface area contributed by atoms with Crippen LogP contribution in [0.15, 0.2) is 16.1 Å². The summed E-state index contributed by atoms with van der Waals surface area (Å²) in [6.07, 6.45) is 1.36. The zero-order chi connectivity index (χ0) is 10.1. The lowest BCUT2D eigenvalue weighted by molar-refractivity contribution is 0.459. The van der Waals surface area contributed by atoms with Crippen molar-refractivity contribution in [1.82, 2.24) is 9.55 Å². The van der Waals surface area contributed by atoms with E-state index < -0.39 is 0 Å². The Labute approximate surface area is 85.6 Å². The van der Waals surface area contributed by atoms with Crippen molar-refractivity contribution in [3.63, 3.8) is 0 Å². The van der Waals surface area contributed by atoms with E-state index in [4.69, 9.17) is 5.26 Å². The van der Waals surface area contributed by atoms with Crippen LogP contribution < -0.4 is 5.56 Å². The topological polar surface area (TPSA) is 58.7 Å². The molecule has 0 radical (unpaired) electrons. The summed E-state index contributed by atoms with van der Waals surface area (Å²) in [5, 5.41) is 9.40. The molecule has 4 nitrogen and oxygen atoms in total. The highest BCUT2D eigenvalue weighted by molar-refractivity contribution is 7.99. The molecule has 0 saturated heterocycles. The summed E-state index contributed by atoms with van der Waals surface area (Å²) in [5.74, 6) is 1.44. The van der Waals surface area contributed by atoms with Crippen molar-refractivity contribution in [3.8, 4) is 6.07 Å². The Bertz CT molecular complexity index is 460. The van der Waals surface area contributed by atoms with Gasteiger partial charge in [0.05, 0.1) is 6.20 Å². The van der Waals surface area contributed by atoms with Gasteiger partial charge in [0.25, 0.3) is 5.56 Å². The second-order valence-corrected chi connectivity index (χ2v) is 4.39. The van der Waals surface area contributed by atoms with E-state index in [-0.39, 0.29) is 11.1 Å². The Morgan fingerprint density at radius 3 is 3.29 bits per heavy atom. The van der Waals surface area contributed by atoms with E-state index in [9.17, 15) is 4.79 Å². The second kappa shape index (κ2) is 3.46. The average molecular weight is 207 g/mol. The molecule has 0 aromatic carbocycles. The van der Waals surface area contributed by atoms with Crippen LogP contribution >= 0.6 is 11.8 Å². The van der Waals surface area contributed by atoms with Crippen molar-refractivity contribution in [2.45, 2.75) is 18.6 Å². The highest BCUT2D eigenvalue weighted by atomic mass is 32.2. The number of nitrogens with zero attached hydrogens (tertiary/aromatic N) is 3. The highest BCUT2D eigenvalue weighted by Crippen LogP contribution is 2.23. The molecule has 72 valence electrons. The van der Waals surface area contributed by atoms with Crippen molar-refractivity contribution in [1.29, 1.82) is 5.26 Å². The Morgan fingerprint density at radius 1 is 1.79 bits per heavy atom. The van der Waals surface area contributed by atoms with Crippen molar-refractivity contribution in [2.75, 3.05) is 5.75 Å². The number of aromatic nitrogens is 2. The molecule has 0 spiro atoms. The Hall–Kier alpha value is -1.28. The fraction of sp³-hybridized carbons (Fsp3) is 0.444. The highest BCUT2D eigenvalue weighted by Gasteiger charge is 2.18. The average Bonchev–Trinajstić information content (AvgIpc) is 2.20. The first-order chi connectivity index (χ1) is 6.72. The van der Waals surface area contributed by atoms with E-state index >= 15 is 0 Å². The standard InChI is InChI=1S/C9H9N3OS/c1-6-4-12-8(13)7(2-10)3-11-9(12)14-5-6/h3,6H,4-5H2,1H3. The van der Waals surface area contributed by atoms with Gasteiger partial charge >= 0.3 is 0 Å². The minimum absolute atomic E-state index is 0.128. The summed E-state index contributed by atoms with van der Waals surface area (Å²) in [4.78, 5) is 15.8. The molecule has 0 N–H and O–H groups in total. The number of thioether (sulfide) groups is 1. The number of fused-ring (bicyclic) bond motifs is 1.